The van der Waals surface area contributed by atoms with Crippen molar-refractivity contribution < 1.29 is 33.3 Å². The number of carbonyl (C=O) groups excluding carboxylic acids is 3. The number of fused-ring (bicyclic) bond motifs is 5. The van der Waals surface area contributed by atoms with Crippen LogP contribution in [0.3, 0.4) is 0 Å². The van der Waals surface area contributed by atoms with Crippen LogP contribution in [-0.2, 0) is 23.7 Å². The Morgan fingerprint density at radius 3 is 2.27 bits per heavy atom. The lowest BCUT2D eigenvalue weighted by atomic mass is 9.48. The van der Waals surface area contributed by atoms with E-state index >= 15 is 0 Å². The van der Waals surface area contributed by atoms with Crippen molar-refractivity contribution in [2.24, 2.45) is 34.5 Å². The Morgan fingerprint density at radius 1 is 1.00 bits per heavy atom. The van der Waals surface area contributed by atoms with E-state index in [1.807, 2.05) is 6.92 Å². The van der Waals surface area contributed by atoms with Gasteiger partial charge in [-0.05, 0) is 68.6 Å². The van der Waals surface area contributed by atoms with Crippen LogP contribution in [0.25, 0.3) is 0 Å². The SMILES string of the molecule is COC(=O)OC1(OC(=O)OC)CCCC2=CC=C3[C@@H]4CC[C@H](C(C)C=O)[C@@]4(C)CC[C@@H]3[C@]21C. The van der Waals surface area contributed by atoms with Crippen LogP contribution in [0.5, 0.6) is 0 Å². The summed E-state index contributed by atoms with van der Waals surface area (Å²) in [6.45, 7) is 6.43. The molecule has 0 aromatic rings. The van der Waals surface area contributed by atoms with E-state index in [0.717, 1.165) is 44.0 Å². The molecule has 4 rings (SSSR count). The average Bonchev–Trinajstić information content (AvgIpc) is 3.16. The maximum absolute atomic E-state index is 12.4. The lowest BCUT2D eigenvalue weighted by molar-refractivity contribution is -0.264. The summed E-state index contributed by atoms with van der Waals surface area (Å²) in [5.74, 6) is -0.733. The number of hydrogen-bond acceptors (Lipinski definition) is 7. The second kappa shape index (κ2) is 8.48. The first-order chi connectivity index (χ1) is 15.7. The third-order valence-electron chi connectivity index (χ3n) is 9.45. The molecule has 0 heterocycles. The summed E-state index contributed by atoms with van der Waals surface area (Å²) in [5.41, 5.74) is 1.76. The smallest absolute Gasteiger partial charge is 0.438 e. The molecule has 6 atom stereocenters. The van der Waals surface area contributed by atoms with Gasteiger partial charge in [0.2, 0.25) is 0 Å². The highest BCUT2D eigenvalue weighted by Gasteiger charge is 2.66. The molecule has 7 heteroatoms. The van der Waals surface area contributed by atoms with E-state index < -0.39 is 23.5 Å². The molecule has 1 unspecified atom stereocenters. The van der Waals surface area contributed by atoms with E-state index in [0.29, 0.717) is 24.7 Å². The van der Waals surface area contributed by atoms with Crippen molar-refractivity contribution in [1.82, 2.24) is 0 Å². The fraction of sp³-hybridized carbons (Fsp3) is 0.731. The summed E-state index contributed by atoms with van der Waals surface area (Å²) in [5, 5.41) is 0. The maximum Gasteiger partial charge on any atom is 0.511 e. The molecular formula is C26H36O7. The van der Waals surface area contributed by atoms with Gasteiger partial charge in [-0.3, -0.25) is 0 Å². The van der Waals surface area contributed by atoms with Gasteiger partial charge < -0.3 is 23.7 Å². The predicted octanol–water partition coefficient (Wildman–Crippen LogP) is 5.58. The maximum atomic E-state index is 12.4. The van der Waals surface area contributed by atoms with E-state index in [1.54, 1.807) is 0 Å². The molecule has 0 aromatic heterocycles. The van der Waals surface area contributed by atoms with Crippen LogP contribution in [0.2, 0.25) is 0 Å². The summed E-state index contributed by atoms with van der Waals surface area (Å²) in [6.07, 6.45) is 9.58. The van der Waals surface area contributed by atoms with Gasteiger partial charge in [0.15, 0.2) is 0 Å². The molecule has 0 spiro atoms. The van der Waals surface area contributed by atoms with Crippen molar-refractivity contribution in [3.05, 3.63) is 23.3 Å². The zero-order valence-corrected chi connectivity index (χ0v) is 20.3. The fourth-order valence-corrected chi connectivity index (χ4v) is 7.75. The Hall–Kier alpha value is -2.31. The van der Waals surface area contributed by atoms with E-state index in [-0.39, 0.29) is 17.3 Å². The molecule has 7 nitrogen and oxygen atoms in total. The monoisotopic (exact) mass is 460 g/mol. The normalized spacial score (nSPS) is 37.2. The highest BCUT2D eigenvalue weighted by atomic mass is 16.8. The van der Waals surface area contributed by atoms with Crippen molar-refractivity contribution in [2.45, 2.75) is 71.5 Å². The van der Waals surface area contributed by atoms with Crippen LogP contribution < -0.4 is 0 Å². The van der Waals surface area contributed by atoms with Gasteiger partial charge in [-0.25, -0.2) is 9.59 Å². The van der Waals surface area contributed by atoms with Gasteiger partial charge in [0, 0.05) is 12.3 Å². The lowest BCUT2D eigenvalue weighted by Crippen LogP contribution is -2.61. The quantitative estimate of drug-likeness (QED) is 0.307. The van der Waals surface area contributed by atoms with E-state index in [9.17, 15) is 14.4 Å². The van der Waals surface area contributed by atoms with Crippen molar-refractivity contribution in [3.8, 4) is 0 Å². The Labute approximate surface area is 195 Å². The highest BCUT2D eigenvalue weighted by molar-refractivity contribution is 5.64. The van der Waals surface area contributed by atoms with Crippen LogP contribution in [0.15, 0.2) is 23.3 Å². The molecule has 0 radical (unpaired) electrons. The minimum absolute atomic E-state index is 0.0292. The minimum Gasteiger partial charge on any atom is -0.438 e. The number of allylic oxidation sites excluding steroid dienone is 3. The Bertz CT molecular complexity index is 871. The number of carbonyl (C=O) groups is 3. The molecule has 33 heavy (non-hydrogen) atoms. The molecule has 0 bridgehead atoms. The van der Waals surface area contributed by atoms with Crippen LogP contribution in [0.1, 0.15) is 65.7 Å². The number of aldehydes is 1. The molecule has 4 aliphatic rings. The fourth-order valence-electron chi connectivity index (χ4n) is 7.75. The van der Waals surface area contributed by atoms with Crippen LogP contribution >= 0.6 is 0 Å². The van der Waals surface area contributed by atoms with Crippen LogP contribution in [-0.4, -0.2) is 38.6 Å². The second-order valence-electron chi connectivity index (χ2n) is 10.6. The topological polar surface area (TPSA) is 88.1 Å². The molecule has 0 N–H and O–H groups in total. The second-order valence-corrected chi connectivity index (χ2v) is 10.6. The van der Waals surface area contributed by atoms with E-state index in [2.05, 4.69) is 26.0 Å². The summed E-state index contributed by atoms with van der Waals surface area (Å²) in [7, 11) is 2.50. The minimum atomic E-state index is -1.51. The predicted molar refractivity (Wildman–Crippen MR) is 120 cm³/mol. The van der Waals surface area contributed by atoms with Gasteiger partial charge in [0.25, 0.3) is 5.79 Å². The molecule has 3 saturated carbocycles. The number of rotatable bonds is 4. The van der Waals surface area contributed by atoms with E-state index in [1.165, 1.54) is 19.8 Å². The number of methoxy groups -OCH3 is 2. The molecule has 3 fully saturated rings. The average molecular weight is 461 g/mol. The zero-order valence-electron chi connectivity index (χ0n) is 20.3. The highest BCUT2D eigenvalue weighted by Crippen LogP contribution is 2.68. The van der Waals surface area contributed by atoms with Crippen molar-refractivity contribution in [1.29, 1.82) is 0 Å². The van der Waals surface area contributed by atoms with Gasteiger partial charge in [0.05, 0.1) is 19.6 Å². The van der Waals surface area contributed by atoms with Gasteiger partial charge >= 0.3 is 12.3 Å². The van der Waals surface area contributed by atoms with Gasteiger partial charge in [-0.1, -0.05) is 37.1 Å². The van der Waals surface area contributed by atoms with Crippen LogP contribution in [0, 0.1) is 34.5 Å². The van der Waals surface area contributed by atoms with Gasteiger partial charge in [0.1, 0.15) is 6.29 Å². The first-order valence-corrected chi connectivity index (χ1v) is 12.1. The third kappa shape index (κ3) is 3.41. The van der Waals surface area contributed by atoms with E-state index in [4.69, 9.17) is 18.9 Å². The van der Waals surface area contributed by atoms with Crippen molar-refractivity contribution in [3.63, 3.8) is 0 Å². The van der Waals surface area contributed by atoms with Crippen LogP contribution in [0.4, 0.5) is 9.59 Å². The third-order valence-corrected chi connectivity index (χ3v) is 9.45. The summed E-state index contributed by atoms with van der Waals surface area (Å²) >= 11 is 0. The van der Waals surface area contributed by atoms with Crippen molar-refractivity contribution in [2.75, 3.05) is 14.2 Å². The standard InChI is InChI=1S/C26H36O7/c1-16(15-27)19-10-11-20-18-9-8-17-7-6-13-26(32-22(28)30-4,33-23(29)31-5)25(17,3)21(18)12-14-24(19,20)2/h8-9,15-16,19-21H,6-7,10-14H2,1-5H3/t16?,19-,20+,21+,24-,25+/m1/s1. The number of ether oxygens (including phenoxy) is 4. The molecular weight excluding hydrogens is 424 g/mol. The molecule has 0 amide bonds. The molecule has 182 valence electrons. The number of hydrogen-bond donors (Lipinski definition) is 0. The molecule has 0 saturated heterocycles. The lowest BCUT2D eigenvalue weighted by Gasteiger charge is -2.59. The molecule has 4 aliphatic carbocycles. The molecule has 0 aliphatic heterocycles. The molecule has 0 aromatic carbocycles. The zero-order chi connectivity index (χ0) is 24.0. The summed E-state index contributed by atoms with van der Waals surface area (Å²) < 4.78 is 21.3. The first-order valence-electron chi connectivity index (χ1n) is 12.1. The Morgan fingerprint density at radius 2 is 1.67 bits per heavy atom. The summed E-state index contributed by atoms with van der Waals surface area (Å²) in [6, 6.07) is 0. The largest absolute Gasteiger partial charge is 0.511 e. The Balaban J connectivity index is 1.78. The summed E-state index contributed by atoms with van der Waals surface area (Å²) in [4.78, 5) is 36.4. The van der Waals surface area contributed by atoms with Gasteiger partial charge in [-0.15, -0.1) is 0 Å². The van der Waals surface area contributed by atoms with Crippen molar-refractivity contribution >= 4 is 18.6 Å². The first kappa shape index (κ1) is 23.8. The Kier molecular flexibility index (Phi) is 6.12. The van der Waals surface area contributed by atoms with Gasteiger partial charge in [-0.2, -0.15) is 0 Å².